The Bertz CT molecular complexity index is 738. The Labute approximate surface area is 129 Å². The zero-order chi connectivity index (χ0) is 15.2. The van der Waals surface area contributed by atoms with Crippen molar-refractivity contribution in [1.82, 2.24) is 15.0 Å². The van der Waals surface area contributed by atoms with Crippen LogP contribution in [0.2, 0.25) is 0 Å². The van der Waals surface area contributed by atoms with Crippen LogP contribution in [0.5, 0.6) is 5.75 Å². The van der Waals surface area contributed by atoms with Crippen LogP contribution in [0, 0.1) is 0 Å². The fourth-order valence-electron chi connectivity index (χ4n) is 2.10. The highest BCUT2D eigenvalue weighted by Gasteiger charge is 2.04. The van der Waals surface area contributed by atoms with Crippen molar-refractivity contribution in [3.63, 3.8) is 0 Å². The van der Waals surface area contributed by atoms with Gasteiger partial charge in [0.2, 0.25) is 0 Å². The maximum Gasteiger partial charge on any atom is 0.164 e. The van der Waals surface area contributed by atoms with E-state index in [4.69, 9.17) is 4.74 Å². The first-order valence-corrected chi connectivity index (χ1v) is 7.42. The van der Waals surface area contributed by atoms with Crippen molar-refractivity contribution in [2.45, 2.75) is 19.8 Å². The Hall–Kier alpha value is -2.69. The average Bonchev–Trinajstić information content (AvgIpc) is 2.57. The topological polar surface area (TPSA) is 59.9 Å². The van der Waals surface area contributed by atoms with Gasteiger partial charge >= 0.3 is 0 Å². The minimum absolute atomic E-state index is 0.680. The van der Waals surface area contributed by atoms with E-state index >= 15 is 0 Å². The molecule has 0 unspecified atom stereocenters. The molecule has 1 aromatic carbocycles. The van der Waals surface area contributed by atoms with Crippen LogP contribution in [0.4, 0.5) is 11.5 Å². The first-order valence-electron chi connectivity index (χ1n) is 7.42. The summed E-state index contributed by atoms with van der Waals surface area (Å²) in [6, 6.07) is 11.7. The SMILES string of the molecule is CCCCOc1ccc(Nc2ncnc3ncccc23)cc1. The van der Waals surface area contributed by atoms with Crippen LogP contribution in [0.3, 0.4) is 0 Å². The summed E-state index contributed by atoms with van der Waals surface area (Å²) in [5, 5.41) is 4.19. The zero-order valence-electron chi connectivity index (χ0n) is 12.5. The molecule has 0 aliphatic carbocycles. The van der Waals surface area contributed by atoms with Gasteiger partial charge in [0.1, 0.15) is 17.9 Å². The van der Waals surface area contributed by atoms with Gasteiger partial charge in [0, 0.05) is 11.9 Å². The summed E-state index contributed by atoms with van der Waals surface area (Å²) in [5.74, 6) is 1.63. The summed E-state index contributed by atoms with van der Waals surface area (Å²) in [6.45, 7) is 2.91. The highest BCUT2D eigenvalue weighted by atomic mass is 16.5. The Morgan fingerprint density at radius 2 is 1.91 bits per heavy atom. The van der Waals surface area contributed by atoms with Crippen molar-refractivity contribution in [1.29, 1.82) is 0 Å². The lowest BCUT2D eigenvalue weighted by Crippen LogP contribution is -1.98. The Balaban J connectivity index is 1.75. The molecule has 0 bridgehead atoms. The van der Waals surface area contributed by atoms with Crippen LogP contribution in [0.1, 0.15) is 19.8 Å². The molecule has 5 nitrogen and oxygen atoms in total. The number of anilines is 2. The highest BCUT2D eigenvalue weighted by Crippen LogP contribution is 2.23. The molecule has 0 radical (unpaired) electrons. The molecule has 0 saturated carbocycles. The molecule has 1 N–H and O–H groups in total. The lowest BCUT2D eigenvalue weighted by Gasteiger charge is -2.09. The molecule has 0 spiro atoms. The van der Waals surface area contributed by atoms with Crippen LogP contribution in [-0.4, -0.2) is 21.6 Å². The van der Waals surface area contributed by atoms with Crippen molar-refractivity contribution in [2.75, 3.05) is 11.9 Å². The quantitative estimate of drug-likeness (QED) is 0.698. The van der Waals surface area contributed by atoms with Gasteiger partial charge in [-0.3, -0.25) is 0 Å². The smallest absolute Gasteiger partial charge is 0.164 e. The first-order chi connectivity index (χ1) is 10.9. The van der Waals surface area contributed by atoms with Gasteiger partial charge in [0.25, 0.3) is 0 Å². The van der Waals surface area contributed by atoms with E-state index in [9.17, 15) is 0 Å². The number of hydrogen-bond acceptors (Lipinski definition) is 5. The molecule has 2 aromatic heterocycles. The standard InChI is InChI=1S/C17H18N4O/c1-2-3-11-22-14-8-6-13(7-9-14)21-17-15-5-4-10-18-16(15)19-12-20-17/h4-10,12H,2-3,11H2,1H3,(H,18,19,20,21). The van der Waals surface area contributed by atoms with E-state index in [0.29, 0.717) is 5.65 Å². The molecule has 0 aliphatic rings. The predicted octanol–water partition coefficient (Wildman–Crippen LogP) is 3.95. The summed E-state index contributed by atoms with van der Waals surface area (Å²) in [4.78, 5) is 12.7. The van der Waals surface area contributed by atoms with E-state index in [2.05, 4.69) is 27.2 Å². The number of ether oxygens (including phenoxy) is 1. The molecule has 0 saturated heterocycles. The molecule has 0 atom stereocenters. The van der Waals surface area contributed by atoms with Crippen LogP contribution < -0.4 is 10.1 Å². The van der Waals surface area contributed by atoms with Gasteiger partial charge < -0.3 is 10.1 Å². The summed E-state index contributed by atoms with van der Waals surface area (Å²) >= 11 is 0. The van der Waals surface area contributed by atoms with Crippen molar-refractivity contribution >= 4 is 22.5 Å². The van der Waals surface area contributed by atoms with Crippen molar-refractivity contribution in [3.8, 4) is 5.75 Å². The van der Waals surface area contributed by atoms with E-state index in [-0.39, 0.29) is 0 Å². The van der Waals surface area contributed by atoms with Gasteiger partial charge in [-0.15, -0.1) is 0 Å². The summed E-state index contributed by atoms with van der Waals surface area (Å²) < 4.78 is 5.66. The van der Waals surface area contributed by atoms with Crippen molar-refractivity contribution in [3.05, 3.63) is 48.9 Å². The maximum absolute atomic E-state index is 5.66. The van der Waals surface area contributed by atoms with Crippen LogP contribution in [0.15, 0.2) is 48.9 Å². The molecule has 2 heterocycles. The second kappa shape index (κ2) is 6.85. The van der Waals surface area contributed by atoms with Gasteiger partial charge in [-0.25, -0.2) is 15.0 Å². The van der Waals surface area contributed by atoms with Crippen LogP contribution in [-0.2, 0) is 0 Å². The fraction of sp³-hybridized carbons (Fsp3) is 0.235. The van der Waals surface area contributed by atoms with Gasteiger partial charge in [0.05, 0.1) is 12.0 Å². The number of aromatic nitrogens is 3. The second-order valence-electron chi connectivity index (χ2n) is 4.95. The van der Waals surface area contributed by atoms with Gasteiger partial charge in [0.15, 0.2) is 5.65 Å². The number of rotatable bonds is 6. The lowest BCUT2D eigenvalue weighted by atomic mass is 10.2. The van der Waals surface area contributed by atoms with E-state index in [0.717, 1.165) is 42.1 Å². The molecule has 0 aliphatic heterocycles. The minimum Gasteiger partial charge on any atom is -0.494 e. The molecule has 0 amide bonds. The summed E-state index contributed by atoms with van der Waals surface area (Å²) in [5.41, 5.74) is 1.63. The third-order valence-corrected chi connectivity index (χ3v) is 3.29. The molecule has 3 rings (SSSR count). The fourth-order valence-corrected chi connectivity index (χ4v) is 2.10. The molecule has 3 aromatic rings. The van der Waals surface area contributed by atoms with E-state index in [1.54, 1.807) is 6.20 Å². The zero-order valence-corrected chi connectivity index (χ0v) is 12.5. The molecular formula is C17H18N4O. The number of benzene rings is 1. The number of nitrogens with zero attached hydrogens (tertiary/aromatic N) is 3. The molecular weight excluding hydrogens is 276 g/mol. The second-order valence-corrected chi connectivity index (χ2v) is 4.95. The summed E-state index contributed by atoms with van der Waals surface area (Å²) in [7, 11) is 0. The Morgan fingerprint density at radius 3 is 2.73 bits per heavy atom. The summed E-state index contributed by atoms with van der Waals surface area (Å²) in [6.07, 6.45) is 5.44. The van der Waals surface area contributed by atoms with Crippen molar-refractivity contribution in [2.24, 2.45) is 0 Å². The lowest BCUT2D eigenvalue weighted by molar-refractivity contribution is 0.309. The number of unbranched alkanes of at least 4 members (excludes halogenated alkanes) is 1. The van der Waals surface area contributed by atoms with Crippen molar-refractivity contribution < 1.29 is 4.74 Å². The molecule has 0 fully saturated rings. The highest BCUT2D eigenvalue weighted by molar-refractivity contribution is 5.87. The van der Waals surface area contributed by atoms with E-state index in [1.165, 1.54) is 6.33 Å². The average molecular weight is 294 g/mol. The van der Waals surface area contributed by atoms with E-state index in [1.807, 2.05) is 36.4 Å². The molecule has 5 heteroatoms. The van der Waals surface area contributed by atoms with Crippen LogP contribution >= 0.6 is 0 Å². The largest absolute Gasteiger partial charge is 0.494 e. The van der Waals surface area contributed by atoms with E-state index < -0.39 is 0 Å². The number of nitrogens with one attached hydrogen (secondary N) is 1. The van der Waals surface area contributed by atoms with Gasteiger partial charge in [-0.2, -0.15) is 0 Å². The Kier molecular flexibility index (Phi) is 4.44. The number of fused-ring (bicyclic) bond motifs is 1. The molecule has 112 valence electrons. The molecule has 22 heavy (non-hydrogen) atoms. The number of pyridine rings is 1. The van der Waals surface area contributed by atoms with Crippen LogP contribution in [0.25, 0.3) is 11.0 Å². The maximum atomic E-state index is 5.66. The van der Waals surface area contributed by atoms with Gasteiger partial charge in [-0.1, -0.05) is 13.3 Å². The third-order valence-electron chi connectivity index (χ3n) is 3.29. The Morgan fingerprint density at radius 1 is 1.05 bits per heavy atom. The predicted molar refractivity (Wildman–Crippen MR) is 87.5 cm³/mol. The first kappa shape index (κ1) is 14.3. The number of hydrogen-bond donors (Lipinski definition) is 1. The monoisotopic (exact) mass is 294 g/mol. The minimum atomic E-state index is 0.680. The van der Waals surface area contributed by atoms with Gasteiger partial charge in [-0.05, 0) is 42.8 Å². The normalized spacial score (nSPS) is 10.6. The third kappa shape index (κ3) is 3.31.